The first-order valence-corrected chi connectivity index (χ1v) is 7.02. The van der Waals surface area contributed by atoms with Gasteiger partial charge in [0.1, 0.15) is 0 Å². The summed E-state index contributed by atoms with van der Waals surface area (Å²) in [5.41, 5.74) is -0.129. The zero-order valence-electron chi connectivity index (χ0n) is 10.6. The number of pyridine rings is 1. The van der Waals surface area contributed by atoms with Crippen LogP contribution >= 0.6 is 11.8 Å². The number of aromatic nitrogens is 1. The Morgan fingerprint density at radius 2 is 2.24 bits per heavy atom. The molecule has 0 fully saturated rings. The van der Waals surface area contributed by atoms with Gasteiger partial charge < -0.3 is 10.4 Å². The van der Waals surface area contributed by atoms with Crippen LogP contribution in [-0.2, 0) is 0 Å². The fraction of sp³-hybridized carbons (Fsp3) is 0.615. The van der Waals surface area contributed by atoms with Crippen molar-refractivity contribution in [1.29, 1.82) is 0 Å². The molecule has 3 nitrogen and oxygen atoms in total. The minimum atomic E-state index is -0.129. The van der Waals surface area contributed by atoms with Gasteiger partial charge >= 0.3 is 0 Å². The monoisotopic (exact) mass is 254 g/mol. The second-order valence-corrected chi connectivity index (χ2v) is 5.56. The first-order chi connectivity index (χ1) is 8.20. The molecule has 0 bridgehead atoms. The average molecular weight is 254 g/mol. The van der Waals surface area contributed by atoms with Crippen LogP contribution in [0.25, 0.3) is 0 Å². The lowest BCUT2D eigenvalue weighted by molar-refractivity contribution is 0.171. The van der Waals surface area contributed by atoms with Crippen LogP contribution in [0.5, 0.6) is 0 Å². The Bertz CT molecular complexity index is 302. The molecule has 1 rings (SSSR count). The molecular weight excluding hydrogens is 232 g/mol. The van der Waals surface area contributed by atoms with E-state index in [1.54, 1.807) is 11.8 Å². The van der Waals surface area contributed by atoms with Crippen molar-refractivity contribution in [3.63, 3.8) is 0 Å². The molecule has 0 radical (unpaired) electrons. The van der Waals surface area contributed by atoms with Crippen molar-refractivity contribution in [2.45, 2.75) is 36.8 Å². The van der Waals surface area contributed by atoms with Crippen molar-refractivity contribution < 1.29 is 5.11 Å². The molecule has 1 atom stereocenters. The third-order valence-electron chi connectivity index (χ3n) is 2.96. The fourth-order valence-corrected chi connectivity index (χ4v) is 2.38. The van der Waals surface area contributed by atoms with Crippen molar-refractivity contribution in [3.05, 3.63) is 24.4 Å². The van der Waals surface area contributed by atoms with E-state index in [2.05, 4.69) is 17.2 Å². The molecule has 0 aromatic carbocycles. The predicted octanol–water partition coefficient (Wildman–Crippen LogP) is 2.31. The second kappa shape index (κ2) is 7.69. The third kappa shape index (κ3) is 5.52. The molecule has 4 heteroatoms. The molecule has 1 aromatic rings. The number of aliphatic hydroxyl groups is 1. The van der Waals surface area contributed by atoms with Gasteiger partial charge in [0.25, 0.3) is 0 Å². The molecule has 0 aliphatic heterocycles. The summed E-state index contributed by atoms with van der Waals surface area (Å²) in [4.78, 5) is 4.27. The maximum atomic E-state index is 9.24. The smallest absolute Gasteiger partial charge is 0.0959 e. The standard InChI is InChI=1S/C13H22N2OS/c1-13(11-16,14-2)8-4-6-10-17-12-7-3-5-9-15-12/h3,5,7,9,14,16H,4,6,8,10-11H2,1-2H3. The van der Waals surface area contributed by atoms with Crippen LogP contribution in [0.2, 0.25) is 0 Å². The fourth-order valence-electron chi connectivity index (χ4n) is 1.51. The number of hydrogen-bond donors (Lipinski definition) is 2. The molecule has 0 saturated heterocycles. The molecular formula is C13H22N2OS. The van der Waals surface area contributed by atoms with Crippen LogP contribution in [0.3, 0.4) is 0 Å². The van der Waals surface area contributed by atoms with E-state index in [1.165, 1.54) is 0 Å². The number of likely N-dealkylation sites (N-methyl/N-ethyl adjacent to an activating group) is 1. The minimum Gasteiger partial charge on any atom is -0.394 e. The summed E-state index contributed by atoms with van der Waals surface area (Å²) in [5, 5.41) is 13.5. The number of thioether (sulfide) groups is 1. The zero-order valence-corrected chi connectivity index (χ0v) is 11.5. The average Bonchev–Trinajstić information content (AvgIpc) is 2.39. The Hall–Kier alpha value is -0.580. The van der Waals surface area contributed by atoms with Crippen molar-refractivity contribution >= 4 is 11.8 Å². The van der Waals surface area contributed by atoms with E-state index in [1.807, 2.05) is 31.4 Å². The molecule has 0 aliphatic rings. The Balaban J connectivity index is 2.13. The van der Waals surface area contributed by atoms with Crippen LogP contribution in [0.4, 0.5) is 0 Å². The van der Waals surface area contributed by atoms with Crippen molar-refractivity contribution in [2.75, 3.05) is 19.4 Å². The maximum absolute atomic E-state index is 9.24. The Morgan fingerprint density at radius 3 is 2.82 bits per heavy atom. The highest BCUT2D eigenvalue weighted by atomic mass is 32.2. The Labute approximate surface area is 108 Å². The lowest BCUT2D eigenvalue weighted by atomic mass is 9.96. The Morgan fingerprint density at radius 1 is 1.41 bits per heavy atom. The summed E-state index contributed by atoms with van der Waals surface area (Å²) in [6.45, 7) is 2.25. The first kappa shape index (κ1) is 14.5. The molecule has 1 aromatic heterocycles. The van der Waals surface area contributed by atoms with Gasteiger partial charge in [-0.05, 0) is 44.7 Å². The number of unbranched alkanes of at least 4 members (excludes halogenated alkanes) is 1. The minimum absolute atomic E-state index is 0.129. The van der Waals surface area contributed by atoms with Gasteiger partial charge in [0.05, 0.1) is 11.6 Å². The topological polar surface area (TPSA) is 45.1 Å². The summed E-state index contributed by atoms with van der Waals surface area (Å²) in [5.74, 6) is 1.09. The van der Waals surface area contributed by atoms with E-state index in [0.717, 1.165) is 30.0 Å². The van der Waals surface area contributed by atoms with Gasteiger partial charge in [0, 0.05) is 11.7 Å². The zero-order chi connectivity index (χ0) is 12.6. The lowest BCUT2D eigenvalue weighted by Gasteiger charge is -2.26. The lowest BCUT2D eigenvalue weighted by Crippen LogP contribution is -2.43. The van der Waals surface area contributed by atoms with E-state index in [9.17, 15) is 5.11 Å². The number of nitrogens with one attached hydrogen (secondary N) is 1. The summed E-state index contributed by atoms with van der Waals surface area (Å²) in [7, 11) is 1.90. The number of aliphatic hydroxyl groups excluding tert-OH is 1. The van der Waals surface area contributed by atoms with E-state index >= 15 is 0 Å². The number of rotatable bonds is 8. The highest BCUT2D eigenvalue weighted by Crippen LogP contribution is 2.18. The summed E-state index contributed by atoms with van der Waals surface area (Å²) in [6, 6.07) is 5.99. The van der Waals surface area contributed by atoms with Crippen molar-refractivity contribution in [2.24, 2.45) is 0 Å². The molecule has 1 heterocycles. The molecule has 0 amide bonds. The predicted molar refractivity (Wildman–Crippen MR) is 73.4 cm³/mol. The van der Waals surface area contributed by atoms with Crippen molar-refractivity contribution in [1.82, 2.24) is 10.3 Å². The van der Waals surface area contributed by atoms with E-state index in [4.69, 9.17) is 0 Å². The molecule has 2 N–H and O–H groups in total. The molecule has 0 saturated carbocycles. The highest BCUT2D eigenvalue weighted by molar-refractivity contribution is 7.99. The van der Waals surface area contributed by atoms with E-state index in [0.29, 0.717) is 0 Å². The molecule has 96 valence electrons. The maximum Gasteiger partial charge on any atom is 0.0959 e. The second-order valence-electron chi connectivity index (χ2n) is 4.44. The van der Waals surface area contributed by atoms with Gasteiger partial charge in [-0.25, -0.2) is 4.98 Å². The normalized spacial score (nSPS) is 14.5. The first-order valence-electron chi connectivity index (χ1n) is 6.04. The van der Waals surface area contributed by atoms with Crippen LogP contribution in [-0.4, -0.2) is 35.0 Å². The molecule has 0 aliphatic carbocycles. The van der Waals surface area contributed by atoms with E-state index < -0.39 is 0 Å². The number of nitrogens with zero attached hydrogens (tertiary/aromatic N) is 1. The van der Waals surface area contributed by atoms with Crippen molar-refractivity contribution in [3.8, 4) is 0 Å². The van der Waals surface area contributed by atoms with Crippen LogP contribution in [0, 0.1) is 0 Å². The van der Waals surface area contributed by atoms with Crippen LogP contribution in [0.15, 0.2) is 29.4 Å². The third-order valence-corrected chi connectivity index (χ3v) is 3.99. The SMILES string of the molecule is CNC(C)(CO)CCCCSc1ccccn1. The van der Waals surface area contributed by atoms with Crippen LogP contribution < -0.4 is 5.32 Å². The van der Waals surface area contributed by atoms with E-state index in [-0.39, 0.29) is 12.1 Å². The van der Waals surface area contributed by atoms with Crippen LogP contribution in [0.1, 0.15) is 26.2 Å². The largest absolute Gasteiger partial charge is 0.394 e. The molecule has 17 heavy (non-hydrogen) atoms. The summed E-state index contributed by atoms with van der Waals surface area (Å²) < 4.78 is 0. The highest BCUT2D eigenvalue weighted by Gasteiger charge is 2.19. The van der Waals surface area contributed by atoms with Gasteiger partial charge in [0.2, 0.25) is 0 Å². The summed E-state index contributed by atoms with van der Waals surface area (Å²) in [6.07, 6.45) is 5.10. The summed E-state index contributed by atoms with van der Waals surface area (Å²) >= 11 is 1.79. The van der Waals surface area contributed by atoms with Gasteiger partial charge in [-0.3, -0.25) is 0 Å². The van der Waals surface area contributed by atoms with Gasteiger partial charge in [-0.1, -0.05) is 12.5 Å². The van der Waals surface area contributed by atoms with Gasteiger partial charge in [-0.2, -0.15) is 0 Å². The Kier molecular flexibility index (Phi) is 6.55. The quantitative estimate of drug-likeness (QED) is 0.552. The van der Waals surface area contributed by atoms with Gasteiger partial charge in [0.15, 0.2) is 0 Å². The number of hydrogen-bond acceptors (Lipinski definition) is 4. The molecule has 1 unspecified atom stereocenters. The van der Waals surface area contributed by atoms with Gasteiger partial charge in [-0.15, -0.1) is 11.8 Å². The molecule has 0 spiro atoms.